The highest BCUT2D eigenvalue weighted by atomic mass is 31.2. The van der Waals surface area contributed by atoms with Crippen molar-refractivity contribution in [2.75, 3.05) is 20.3 Å². The minimum Gasteiger partial charge on any atom is -0.413 e. The van der Waals surface area contributed by atoms with Gasteiger partial charge in [0.15, 0.2) is 0 Å². The molecule has 22 heavy (non-hydrogen) atoms. The van der Waals surface area contributed by atoms with Gasteiger partial charge in [0.25, 0.3) is 0 Å². The van der Waals surface area contributed by atoms with E-state index >= 15 is 0 Å². The molecule has 0 amide bonds. The number of hydrogen-bond donors (Lipinski definition) is 1. The highest BCUT2D eigenvalue weighted by Crippen LogP contribution is 2.44. The summed E-state index contributed by atoms with van der Waals surface area (Å²) >= 11 is 0. The summed E-state index contributed by atoms with van der Waals surface area (Å²) in [6.07, 6.45) is 0.699. The fourth-order valence-electron chi connectivity index (χ4n) is 1.48. The van der Waals surface area contributed by atoms with Crippen LogP contribution < -0.4 is 9.61 Å². The normalized spacial score (nSPS) is 14.3. The van der Waals surface area contributed by atoms with E-state index in [0.29, 0.717) is 18.5 Å². The smallest absolute Gasteiger partial charge is 0.413 e. The Kier molecular flexibility index (Phi) is 8.49. The van der Waals surface area contributed by atoms with E-state index in [1.807, 2.05) is 6.07 Å². The molecule has 6 nitrogen and oxygen atoms in total. The molecule has 0 radical (unpaired) electrons. The van der Waals surface area contributed by atoms with Crippen LogP contribution in [-0.4, -0.2) is 32.7 Å². The number of carbonyl (C=O) groups excluding carboxylic acids is 1. The second kappa shape index (κ2) is 10.1. The molecule has 0 aliphatic rings. The van der Waals surface area contributed by atoms with E-state index in [1.165, 1.54) is 7.11 Å². The molecule has 7 heteroatoms. The molecule has 0 aliphatic heterocycles. The van der Waals surface area contributed by atoms with Gasteiger partial charge in [-0.3, -0.25) is 4.52 Å². The molecule has 1 rings (SSSR count). The molecular formula is C15H20NO5P. The molecular weight excluding hydrogens is 305 g/mol. The summed E-state index contributed by atoms with van der Waals surface area (Å²) in [5.74, 6) is 6.00. The minimum absolute atomic E-state index is 0.0289. The van der Waals surface area contributed by atoms with Crippen molar-refractivity contribution >= 4 is 14.0 Å². The van der Waals surface area contributed by atoms with E-state index in [4.69, 9.17) is 13.8 Å². The summed E-state index contributed by atoms with van der Waals surface area (Å²) in [5, 5.41) is 2.48. The molecule has 0 spiro atoms. The van der Waals surface area contributed by atoms with Crippen molar-refractivity contribution in [1.82, 2.24) is 5.09 Å². The Labute approximate surface area is 130 Å². The molecule has 0 aliphatic carbocycles. The van der Waals surface area contributed by atoms with Gasteiger partial charge in [-0.25, -0.2) is 9.65 Å². The lowest BCUT2D eigenvalue weighted by molar-refractivity contribution is -0.107. The number of para-hydroxylation sites is 1. The van der Waals surface area contributed by atoms with Gasteiger partial charge in [-0.2, -0.15) is 0 Å². The van der Waals surface area contributed by atoms with Gasteiger partial charge in [-0.1, -0.05) is 18.2 Å². The van der Waals surface area contributed by atoms with Crippen molar-refractivity contribution in [2.45, 2.75) is 19.4 Å². The van der Waals surface area contributed by atoms with Crippen LogP contribution in [0.15, 0.2) is 30.3 Å². The third-order valence-electron chi connectivity index (χ3n) is 2.61. The number of hydrogen-bond acceptors (Lipinski definition) is 5. The number of rotatable bonds is 10. The summed E-state index contributed by atoms with van der Waals surface area (Å²) in [6, 6.07) is 8.59. The van der Waals surface area contributed by atoms with E-state index < -0.39 is 7.75 Å². The molecule has 1 aromatic carbocycles. The number of ether oxygens (including phenoxy) is 1. The largest absolute Gasteiger partial charge is 0.459 e. The summed E-state index contributed by atoms with van der Waals surface area (Å²) < 4.78 is 28.6. The van der Waals surface area contributed by atoms with Crippen LogP contribution in [0.25, 0.3) is 0 Å². The Morgan fingerprint density at radius 3 is 2.68 bits per heavy atom. The van der Waals surface area contributed by atoms with Crippen LogP contribution in [0.2, 0.25) is 0 Å². The number of aldehydes is 1. The third kappa shape index (κ3) is 6.88. The lowest BCUT2D eigenvalue weighted by Crippen LogP contribution is -2.23. The van der Waals surface area contributed by atoms with Crippen LogP contribution in [0.3, 0.4) is 0 Å². The third-order valence-corrected chi connectivity index (χ3v) is 4.12. The van der Waals surface area contributed by atoms with Gasteiger partial charge < -0.3 is 14.1 Å². The van der Waals surface area contributed by atoms with Crippen LogP contribution in [0.4, 0.5) is 0 Å². The summed E-state index contributed by atoms with van der Waals surface area (Å²) in [5.41, 5.74) is 0. The first kappa shape index (κ1) is 18.4. The molecule has 0 saturated carbocycles. The van der Waals surface area contributed by atoms with Crippen LogP contribution in [0.5, 0.6) is 5.75 Å². The van der Waals surface area contributed by atoms with Crippen LogP contribution in [0, 0.1) is 11.8 Å². The van der Waals surface area contributed by atoms with E-state index in [0.717, 1.165) is 0 Å². The molecule has 1 aromatic rings. The van der Waals surface area contributed by atoms with E-state index in [9.17, 15) is 9.36 Å². The van der Waals surface area contributed by atoms with E-state index in [1.54, 1.807) is 31.2 Å². The van der Waals surface area contributed by atoms with Crippen LogP contribution >= 0.6 is 7.75 Å². The van der Waals surface area contributed by atoms with Crippen molar-refractivity contribution in [2.24, 2.45) is 0 Å². The zero-order chi connectivity index (χ0) is 16.3. The van der Waals surface area contributed by atoms with Gasteiger partial charge in [-0.05, 0) is 19.1 Å². The van der Waals surface area contributed by atoms with Gasteiger partial charge >= 0.3 is 7.75 Å². The Morgan fingerprint density at radius 2 is 2.09 bits per heavy atom. The van der Waals surface area contributed by atoms with Crippen molar-refractivity contribution < 1.29 is 23.1 Å². The second-order valence-electron chi connectivity index (χ2n) is 4.22. The van der Waals surface area contributed by atoms with Gasteiger partial charge in [0.2, 0.25) is 0 Å². The SMILES string of the molecule is CC#CCC(COP(=O)(NCC=O)Oc1ccccc1)OC. The van der Waals surface area contributed by atoms with Crippen molar-refractivity contribution in [3.63, 3.8) is 0 Å². The number of methoxy groups -OCH3 is 1. The molecule has 0 heterocycles. The summed E-state index contributed by atoms with van der Waals surface area (Å²) in [6.45, 7) is 1.61. The van der Waals surface area contributed by atoms with Crippen LogP contribution in [0.1, 0.15) is 13.3 Å². The van der Waals surface area contributed by atoms with Crippen LogP contribution in [-0.2, 0) is 18.6 Å². The maximum atomic E-state index is 12.6. The van der Waals surface area contributed by atoms with E-state index in [-0.39, 0.29) is 19.3 Å². The topological polar surface area (TPSA) is 73.9 Å². The first-order chi connectivity index (χ1) is 10.6. The fourth-order valence-corrected chi connectivity index (χ4v) is 2.75. The molecule has 120 valence electrons. The zero-order valence-corrected chi connectivity index (χ0v) is 13.5. The van der Waals surface area contributed by atoms with Gasteiger partial charge in [-0.15, -0.1) is 11.8 Å². The van der Waals surface area contributed by atoms with E-state index in [2.05, 4.69) is 16.9 Å². The van der Waals surface area contributed by atoms with Gasteiger partial charge in [0, 0.05) is 13.5 Å². The number of nitrogens with one attached hydrogen (secondary N) is 1. The summed E-state index contributed by atoms with van der Waals surface area (Å²) in [7, 11) is -2.15. The highest BCUT2D eigenvalue weighted by Gasteiger charge is 2.27. The Hall–Kier alpha value is -1.64. The molecule has 0 bridgehead atoms. The van der Waals surface area contributed by atoms with Gasteiger partial charge in [0.05, 0.1) is 19.3 Å². The summed E-state index contributed by atoms with van der Waals surface area (Å²) in [4.78, 5) is 10.5. The monoisotopic (exact) mass is 325 g/mol. The average molecular weight is 325 g/mol. The maximum Gasteiger partial charge on any atom is 0.459 e. The lowest BCUT2D eigenvalue weighted by atomic mass is 10.3. The number of benzene rings is 1. The molecule has 2 atom stereocenters. The Bertz CT molecular complexity index is 552. The van der Waals surface area contributed by atoms with Crippen molar-refractivity contribution in [3.05, 3.63) is 30.3 Å². The molecule has 0 aromatic heterocycles. The van der Waals surface area contributed by atoms with Gasteiger partial charge in [0.1, 0.15) is 12.0 Å². The predicted octanol–water partition coefficient (Wildman–Crippen LogP) is 2.41. The van der Waals surface area contributed by atoms with Crippen molar-refractivity contribution in [1.29, 1.82) is 0 Å². The predicted molar refractivity (Wildman–Crippen MR) is 83.6 cm³/mol. The fraction of sp³-hybridized carbons (Fsp3) is 0.400. The second-order valence-corrected chi connectivity index (χ2v) is 5.97. The molecule has 0 fully saturated rings. The Morgan fingerprint density at radius 1 is 1.36 bits per heavy atom. The lowest BCUT2D eigenvalue weighted by Gasteiger charge is -2.21. The van der Waals surface area contributed by atoms with Crippen molar-refractivity contribution in [3.8, 4) is 17.6 Å². The quantitative estimate of drug-likeness (QED) is 0.404. The highest BCUT2D eigenvalue weighted by molar-refractivity contribution is 7.52. The average Bonchev–Trinajstić information content (AvgIpc) is 2.54. The maximum absolute atomic E-state index is 12.6. The minimum atomic E-state index is -3.67. The number of carbonyl (C=O) groups is 1. The first-order valence-corrected chi connectivity index (χ1v) is 8.28. The first-order valence-electron chi connectivity index (χ1n) is 6.74. The molecule has 1 N–H and O–H groups in total. The standard InChI is InChI=1S/C15H20NO5P/c1-3-4-8-15(19-2)13-20-22(18,16-11-12-17)21-14-9-6-5-7-10-14/h5-7,9-10,12,15H,8,11,13H2,1-2H3,(H,16,18). The zero-order valence-electron chi connectivity index (χ0n) is 12.7. The Balaban J connectivity index is 2.71. The molecule has 0 saturated heterocycles. The molecule has 2 unspecified atom stereocenters.